The Morgan fingerprint density at radius 2 is 1.71 bits per heavy atom. The van der Waals surface area contributed by atoms with Crippen LogP contribution in [0.1, 0.15) is 5.82 Å². The normalized spacial score (nSPS) is 11.0. The van der Waals surface area contributed by atoms with Crippen molar-refractivity contribution in [3.8, 4) is 34.3 Å². The van der Waals surface area contributed by atoms with Crippen LogP contribution in [0.5, 0.6) is 11.5 Å². The van der Waals surface area contributed by atoms with Gasteiger partial charge in [0.05, 0.1) is 5.39 Å². The molecule has 0 atom stereocenters. The Morgan fingerprint density at radius 1 is 0.903 bits per heavy atom. The highest BCUT2D eigenvalue weighted by Gasteiger charge is 2.11. The van der Waals surface area contributed by atoms with Gasteiger partial charge in [0.15, 0.2) is 12.0 Å². The molecule has 2 aromatic heterocycles. The Hall–Kier alpha value is -4.39. The van der Waals surface area contributed by atoms with Crippen LogP contribution in [0, 0.1) is 0 Å². The molecule has 0 fully saturated rings. The molecule has 31 heavy (non-hydrogen) atoms. The molecule has 0 spiro atoms. The number of hydrogen-bond acceptors (Lipinski definition) is 7. The summed E-state index contributed by atoms with van der Waals surface area (Å²) in [5, 5.41) is 13.8. The summed E-state index contributed by atoms with van der Waals surface area (Å²) in [6.07, 6.45) is 0. The Balaban J connectivity index is 1.39. The van der Waals surface area contributed by atoms with E-state index < -0.39 is 0 Å². The van der Waals surface area contributed by atoms with Crippen molar-refractivity contribution in [2.45, 2.75) is 6.61 Å². The fourth-order valence-electron chi connectivity index (χ4n) is 3.15. The van der Waals surface area contributed by atoms with Gasteiger partial charge in [0.25, 0.3) is 5.89 Å². The van der Waals surface area contributed by atoms with E-state index in [1.807, 2.05) is 30.3 Å². The van der Waals surface area contributed by atoms with Crippen LogP contribution in [0.3, 0.4) is 0 Å². The van der Waals surface area contributed by atoms with Gasteiger partial charge in [-0.05, 0) is 48.5 Å². The van der Waals surface area contributed by atoms with Crippen molar-refractivity contribution in [2.75, 3.05) is 0 Å². The molecule has 2 heterocycles. The van der Waals surface area contributed by atoms with Crippen molar-refractivity contribution in [2.24, 2.45) is 0 Å². The van der Waals surface area contributed by atoms with Crippen LogP contribution in [0.25, 0.3) is 33.7 Å². The molecule has 0 aliphatic rings. The van der Waals surface area contributed by atoms with Crippen molar-refractivity contribution in [3.63, 3.8) is 0 Å². The molecule has 5 rings (SSSR count). The summed E-state index contributed by atoms with van der Waals surface area (Å²) in [6.45, 7) is 0.101. The molecule has 0 aliphatic carbocycles. The number of benzene rings is 3. The lowest BCUT2D eigenvalue weighted by molar-refractivity contribution is 0.287. The van der Waals surface area contributed by atoms with E-state index in [4.69, 9.17) is 13.7 Å². The van der Waals surface area contributed by atoms with Crippen molar-refractivity contribution in [1.82, 2.24) is 10.1 Å². The number of rotatable bonds is 5. The third-order valence-corrected chi connectivity index (χ3v) is 4.71. The van der Waals surface area contributed by atoms with Crippen molar-refractivity contribution >= 4 is 11.0 Å². The molecule has 0 aliphatic heterocycles. The first-order valence-corrected chi connectivity index (χ1v) is 9.54. The van der Waals surface area contributed by atoms with Gasteiger partial charge in [-0.25, -0.2) is 0 Å². The van der Waals surface area contributed by atoms with E-state index in [2.05, 4.69) is 10.1 Å². The highest BCUT2D eigenvalue weighted by molar-refractivity contribution is 5.80. The number of fused-ring (bicyclic) bond motifs is 1. The summed E-state index contributed by atoms with van der Waals surface area (Å²) in [5.74, 6) is 1.87. The van der Waals surface area contributed by atoms with Gasteiger partial charge in [-0.1, -0.05) is 23.4 Å². The number of nitrogens with zero attached hydrogens (tertiary/aromatic N) is 2. The summed E-state index contributed by atoms with van der Waals surface area (Å²) in [6, 6.07) is 22.3. The number of aromatic hydroxyl groups is 1. The molecule has 0 unspecified atom stereocenters. The van der Waals surface area contributed by atoms with E-state index in [0.717, 1.165) is 5.56 Å². The number of hydrogen-bond donors (Lipinski definition) is 1. The van der Waals surface area contributed by atoms with Crippen LogP contribution in [-0.4, -0.2) is 15.2 Å². The molecule has 0 amide bonds. The standard InChI is InChI=1S/C24H16N2O5/c27-17-8-6-15(7-9-17)21-13-20(28)19-11-10-18(12-22(19)30-21)29-14-23-25-24(31-26-23)16-4-2-1-3-5-16/h1-13,27H,14H2. The lowest BCUT2D eigenvalue weighted by Crippen LogP contribution is -2.01. The zero-order chi connectivity index (χ0) is 21.2. The maximum absolute atomic E-state index is 12.5. The van der Waals surface area contributed by atoms with Crippen LogP contribution in [0.15, 0.2) is 92.6 Å². The van der Waals surface area contributed by atoms with Gasteiger partial charge in [-0.3, -0.25) is 4.79 Å². The molecule has 7 heteroatoms. The number of aromatic nitrogens is 2. The number of phenolic OH excluding ortho intramolecular Hbond substituents is 1. The maximum Gasteiger partial charge on any atom is 0.258 e. The average molecular weight is 412 g/mol. The van der Waals surface area contributed by atoms with E-state index >= 15 is 0 Å². The summed E-state index contributed by atoms with van der Waals surface area (Å²) >= 11 is 0. The molecule has 0 radical (unpaired) electrons. The molecule has 3 aromatic carbocycles. The van der Waals surface area contributed by atoms with Gasteiger partial charge in [0.2, 0.25) is 5.82 Å². The SMILES string of the molecule is O=c1cc(-c2ccc(O)cc2)oc2cc(OCc3noc(-c4ccccc4)n3)ccc12. The molecule has 7 nitrogen and oxygen atoms in total. The van der Waals surface area contributed by atoms with Gasteiger partial charge in [0.1, 0.15) is 22.8 Å². The van der Waals surface area contributed by atoms with Gasteiger partial charge in [-0.15, -0.1) is 0 Å². The summed E-state index contributed by atoms with van der Waals surface area (Å²) in [4.78, 5) is 16.8. The van der Waals surface area contributed by atoms with Crippen LogP contribution in [0.4, 0.5) is 0 Å². The fraction of sp³-hybridized carbons (Fsp3) is 0.0417. The molecule has 0 saturated heterocycles. The van der Waals surface area contributed by atoms with E-state index in [9.17, 15) is 9.90 Å². The third kappa shape index (κ3) is 3.89. The second kappa shape index (κ2) is 7.79. The second-order valence-corrected chi connectivity index (χ2v) is 6.85. The fourth-order valence-corrected chi connectivity index (χ4v) is 3.15. The first kappa shape index (κ1) is 18.6. The monoisotopic (exact) mass is 412 g/mol. The highest BCUT2D eigenvalue weighted by atomic mass is 16.5. The van der Waals surface area contributed by atoms with Crippen LogP contribution in [0.2, 0.25) is 0 Å². The van der Waals surface area contributed by atoms with Gasteiger partial charge in [-0.2, -0.15) is 4.98 Å². The van der Waals surface area contributed by atoms with E-state index in [1.54, 1.807) is 30.3 Å². The zero-order valence-corrected chi connectivity index (χ0v) is 16.2. The van der Waals surface area contributed by atoms with E-state index in [-0.39, 0.29) is 17.8 Å². The predicted molar refractivity (Wildman–Crippen MR) is 114 cm³/mol. The quantitative estimate of drug-likeness (QED) is 0.443. The van der Waals surface area contributed by atoms with Crippen LogP contribution >= 0.6 is 0 Å². The minimum atomic E-state index is -0.165. The molecule has 0 saturated carbocycles. The van der Waals surface area contributed by atoms with Crippen molar-refractivity contribution in [3.05, 3.63) is 94.9 Å². The Labute approximate surface area is 176 Å². The summed E-state index contributed by atoms with van der Waals surface area (Å²) < 4.78 is 17.0. The van der Waals surface area contributed by atoms with E-state index in [0.29, 0.717) is 39.8 Å². The predicted octanol–water partition coefficient (Wildman–Crippen LogP) is 4.79. The minimum Gasteiger partial charge on any atom is -0.508 e. The second-order valence-electron chi connectivity index (χ2n) is 6.85. The molecule has 0 bridgehead atoms. The third-order valence-electron chi connectivity index (χ3n) is 4.71. The summed E-state index contributed by atoms with van der Waals surface area (Å²) in [5.41, 5.74) is 1.74. The lowest BCUT2D eigenvalue weighted by atomic mass is 10.1. The molecule has 5 aromatic rings. The van der Waals surface area contributed by atoms with Crippen molar-refractivity contribution < 1.29 is 18.8 Å². The molecular formula is C24H16N2O5. The van der Waals surface area contributed by atoms with Gasteiger partial charge >= 0.3 is 0 Å². The first-order chi connectivity index (χ1) is 15.2. The Kier molecular flexibility index (Phi) is 4.68. The smallest absolute Gasteiger partial charge is 0.258 e. The van der Waals surface area contributed by atoms with E-state index in [1.165, 1.54) is 18.2 Å². The topological polar surface area (TPSA) is 98.6 Å². The van der Waals surface area contributed by atoms with Gasteiger partial charge in [0, 0.05) is 23.3 Å². The van der Waals surface area contributed by atoms with Crippen LogP contribution in [-0.2, 0) is 6.61 Å². The maximum atomic E-state index is 12.5. The lowest BCUT2D eigenvalue weighted by Gasteiger charge is -2.06. The number of phenols is 1. The first-order valence-electron chi connectivity index (χ1n) is 9.54. The summed E-state index contributed by atoms with van der Waals surface area (Å²) in [7, 11) is 0. The highest BCUT2D eigenvalue weighted by Crippen LogP contribution is 2.26. The number of ether oxygens (including phenoxy) is 1. The Bertz CT molecular complexity index is 1410. The average Bonchev–Trinajstić information content (AvgIpc) is 3.28. The van der Waals surface area contributed by atoms with Crippen LogP contribution < -0.4 is 10.2 Å². The van der Waals surface area contributed by atoms with Gasteiger partial charge < -0.3 is 18.8 Å². The zero-order valence-electron chi connectivity index (χ0n) is 16.2. The minimum absolute atomic E-state index is 0.101. The Morgan fingerprint density at radius 3 is 2.52 bits per heavy atom. The van der Waals surface area contributed by atoms with Crippen molar-refractivity contribution in [1.29, 1.82) is 0 Å². The molecule has 152 valence electrons. The largest absolute Gasteiger partial charge is 0.508 e. The molecule has 1 N–H and O–H groups in total. The molecular weight excluding hydrogens is 396 g/mol.